The number of anilines is 1. The molecule has 0 saturated carbocycles. The van der Waals surface area contributed by atoms with Crippen LogP contribution in [-0.2, 0) is 17.9 Å². The fraction of sp³-hybridized carbons (Fsp3) is 0.235. The number of carbonyl (C=O) groups is 1. The SMILES string of the molecule is Cc1c(Cl)c(C(F)F)nn1CC(=O)Nc1ccn(Cc2c(Cl)cccc2Cl)n1. The standard InChI is InChI=1S/C17H14Cl3F2N5O/c1-9-15(20)16(17(21)22)25-27(9)8-14(28)23-13-5-6-26(24-13)7-10-11(18)3-2-4-12(10)19/h2-6,17H,7-8H2,1H3,(H,23,24,28). The summed E-state index contributed by atoms with van der Waals surface area (Å²) in [6.07, 6.45) is -1.16. The summed E-state index contributed by atoms with van der Waals surface area (Å²) in [5.41, 5.74) is 0.437. The average Bonchev–Trinajstić information content (AvgIpc) is 3.17. The van der Waals surface area contributed by atoms with Crippen LogP contribution in [0.1, 0.15) is 23.4 Å². The summed E-state index contributed by atoms with van der Waals surface area (Å²) >= 11 is 18.1. The van der Waals surface area contributed by atoms with Gasteiger partial charge in [0.25, 0.3) is 6.43 Å². The Kier molecular flexibility index (Phi) is 6.22. The first-order chi connectivity index (χ1) is 13.3. The monoisotopic (exact) mass is 447 g/mol. The Morgan fingerprint density at radius 1 is 1.18 bits per heavy atom. The molecule has 11 heteroatoms. The van der Waals surface area contributed by atoms with Crippen molar-refractivity contribution in [1.29, 1.82) is 0 Å². The fourth-order valence-electron chi connectivity index (χ4n) is 2.52. The van der Waals surface area contributed by atoms with Gasteiger partial charge in [0.05, 0.1) is 17.3 Å². The zero-order valence-electron chi connectivity index (χ0n) is 14.5. The average molecular weight is 449 g/mol. The maximum atomic E-state index is 12.9. The number of carbonyl (C=O) groups excluding carboxylic acids is 1. The van der Waals surface area contributed by atoms with E-state index in [2.05, 4.69) is 15.5 Å². The highest BCUT2D eigenvalue weighted by Gasteiger charge is 2.21. The van der Waals surface area contributed by atoms with Gasteiger partial charge in [0.15, 0.2) is 5.82 Å². The van der Waals surface area contributed by atoms with Gasteiger partial charge < -0.3 is 5.32 Å². The molecule has 0 atom stereocenters. The van der Waals surface area contributed by atoms with E-state index in [4.69, 9.17) is 34.8 Å². The van der Waals surface area contributed by atoms with Gasteiger partial charge in [-0.1, -0.05) is 40.9 Å². The third kappa shape index (κ3) is 4.45. The summed E-state index contributed by atoms with van der Waals surface area (Å²) in [4.78, 5) is 12.2. The third-order valence-corrected chi connectivity index (χ3v) is 5.12. The Hall–Kier alpha value is -2.16. The highest BCUT2D eigenvalue weighted by molar-refractivity contribution is 6.36. The van der Waals surface area contributed by atoms with Crippen LogP contribution < -0.4 is 5.32 Å². The maximum absolute atomic E-state index is 12.9. The smallest absolute Gasteiger partial charge is 0.283 e. The Morgan fingerprint density at radius 3 is 2.46 bits per heavy atom. The second-order valence-electron chi connectivity index (χ2n) is 5.89. The van der Waals surface area contributed by atoms with Crippen molar-refractivity contribution in [2.45, 2.75) is 26.4 Å². The van der Waals surface area contributed by atoms with Gasteiger partial charge in [-0.25, -0.2) is 8.78 Å². The van der Waals surface area contributed by atoms with Gasteiger partial charge in [0.2, 0.25) is 5.91 Å². The number of halogens is 5. The van der Waals surface area contributed by atoms with Crippen LogP contribution in [0.25, 0.3) is 0 Å². The van der Waals surface area contributed by atoms with E-state index in [1.807, 2.05) is 0 Å². The summed E-state index contributed by atoms with van der Waals surface area (Å²) < 4.78 is 28.4. The number of amides is 1. The van der Waals surface area contributed by atoms with Crippen molar-refractivity contribution in [2.75, 3.05) is 5.32 Å². The van der Waals surface area contributed by atoms with Gasteiger partial charge in [-0.3, -0.25) is 14.2 Å². The number of alkyl halides is 2. The number of nitrogens with one attached hydrogen (secondary N) is 1. The summed E-state index contributed by atoms with van der Waals surface area (Å²) in [5.74, 6) is -0.192. The molecule has 3 rings (SSSR count). The van der Waals surface area contributed by atoms with Crippen molar-refractivity contribution in [3.8, 4) is 0 Å². The summed E-state index contributed by atoms with van der Waals surface area (Å²) in [6.45, 7) is 1.55. The lowest BCUT2D eigenvalue weighted by Gasteiger charge is -2.07. The molecule has 3 aromatic rings. The van der Waals surface area contributed by atoms with E-state index >= 15 is 0 Å². The lowest BCUT2D eigenvalue weighted by Crippen LogP contribution is -2.20. The second-order valence-corrected chi connectivity index (χ2v) is 7.08. The number of aromatic nitrogens is 4. The molecule has 0 saturated heterocycles. The van der Waals surface area contributed by atoms with Gasteiger partial charge in [0, 0.05) is 27.9 Å². The molecule has 28 heavy (non-hydrogen) atoms. The fourth-order valence-corrected chi connectivity index (χ4v) is 3.26. The van der Waals surface area contributed by atoms with E-state index in [1.54, 1.807) is 35.1 Å². The maximum Gasteiger partial charge on any atom is 0.283 e. The molecule has 0 unspecified atom stereocenters. The van der Waals surface area contributed by atoms with E-state index in [0.717, 1.165) is 4.68 Å². The minimum absolute atomic E-state index is 0.149. The largest absolute Gasteiger partial charge is 0.308 e. The minimum atomic E-state index is -2.82. The number of rotatable bonds is 6. The highest BCUT2D eigenvalue weighted by atomic mass is 35.5. The van der Waals surface area contributed by atoms with E-state index in [-0.39, 0.29) is 23.1 Å². The van der Waals surface area contributed by atoms with Crippen molar-refractivity contribution >= 4 is 46.5 Å². The molecule has 1 N–H and O–H groups in total. The molecule has 1 aromatic carbocycles. The number of nitrogens with zero attached hydrogens (tertiary/aromatic N) is 4. The lowest BCUT2D eigenvalue weighted by atomic mass is 10.2. The molecule has 0 aliphatic heterocycles. The summed E-state index contributed by atoms with van der Waals surface area (Å²) in [7, 11) is 0. The van der Waals surface area contributed by atoms with Crippen LogP contribution in [-0.4, -0.2) is 25.5 Å². The first kappa shape index (κ1) is 20.6. The summed E-state index contributed by atoms with van der Waals surface area (Å²) in [5, 5.41) is 11.4. The van der Waals surface area contributed by atoms with E-state index in [0.29, 0.717) is 22.2 Å². The first-order valence-corrected chi connectivity index (χ1v) is 9.16. The molecule has 0 bridgehead atoms. The summed E-state index contributed by atoms with van der Waals surface area (Å²) in [6, 6.07) is 6.78. The predicted octanol–water partition coefficient (Wildman–Crippen LogP) is 4.97. The molecule has 148 valence electrons. The van der Waals surface area contributed by atoms with Gasteiger partial charge in [0.1, 0.15) is 12.2 Å². The molecule has 0 radical (unpaired) electrons. The van der Waals surface area contributed by atoms with E-state index in [1.165, 1.54) is 6.92 Å². The topological polar surface area (TPSA) is 64.7 Å². The number of hydrogen-bond acceptors (Lipinski definition) is 3. The molecule has 0 fully saturated rings. The van der Waals surface area contributed by atoms with Crippen LogP contribution in [0.4, 0.5) is 14.6 Å². The molecule has 0 aliphatic carbocycles. The van der Waals surface area contributed by atoms with Crippen molar-refractivity contribution < 1.29 is 13.6 Å². The molecule has 0 spiro atoms. The molecular formula is C17H14Cl3F2N5O. The first-order valence-electron chi connectivity index (χ1n) is 8.03. The normalized spacial score (nSPS) is 11.2. The zero-order chi connectivity index (χ0) is 20.4. The third-order valence-electron chi connectivity index (χ3n) is 3.95. The molecule has 6 nitrogen and oxygen atoms in total. The van der Waals surface area contributed by atoms with Crippen LogP contribution >= 0.6 is 34.8 Å². The number of hydrogen-bond donors (Lipinski definition) is 1. The molecule has 2 aromatic heterocycles. The zero-order valence-corrected chi connectivity index (χ0v) is 16.7. The van der Waals surface area contributed by atoms with Crippen LogP contribution in [0.15, 0.2) is 30.5 Å². The van der Waals surface area contributed by atoms with Crippen molar-refractivity contribution in [3.05, 3.63) is 62.5 Å². The van der Waals surface area contributed by atoms with E-state index < -0.39 is 18.0 Å². The Labute approximate surface area is 174 Å². The number of benzene rings is 1. The lowest BCUT2D eigenvalue weighted by molar-refractivity contribution is -0.117. The van der Waals surface area contributed by atoms with Crippen LogP contribution in [0.5, 0.6) is 0 Å². The van der Waals surface area contributed by atoms with Gasteiger partial charge in [-0.15, -0.1) is 0 Å². The molecule has 1 amide bonds. The Bertz CT molecular complexity index is 998. The van der Waals surface area contributed by atoms with Gasteiger partial charge >= 0.3 is 0 Å². The molecular weight excluding hydrogens is 435 g/mol. The second kappa shape index (κ2) is 8.46. The van der Waals surface area contributed by atoms with Gasteiger partial charge in [-0.05, 0) is 19.1 Å². The Balaban J connectivity index is 1.67. The predicted molar refractivity (Wildman–Crippen MR) is 103 cm³/mol. The van der Waals surface area contributed by atoms with Crippen LogP contribution in [0.2, 0.25) is 15.1 Å². The van der Waals surface area contributed by atoms with Crippen LogP contribution in [0.3, 0.4) is 0 Å². The highest BCUT2D eigenvalue weighted by Crippen LogP contribution is 2.28. The molecule has 2 heterocycles. The van der Waals surface area contributed by atoms with Crippen molar-refractivity contribution in [2.24, 2.45) is 0 Å². The Morgan fingerprint density at radius 2 is 1.86 bits per heavy atom. The van der Waals surface area contributed by atoms with Gasteiger partial charge in [-0.2, -0.15) is 10.2 Å². The quantitative estimate of drug-likeness (QED) is 0.579. The van der Waals surface area contributed by atoms with E-state index in [9.17, 15) is 13.6 Å². The van der Waals surface area contributed by atoms with Crippen molar-refractivity contribution in [3.63, 3.8) is 0 Å². The minimum Gasteiger partial charge on any atom is -0.308 e. The molecule has 0 aliphatic rings. The van der Waals surface area contributed by atoms with Crippen molar-refractivity contribution in [1.82, 2.24) is 19.6 Å². The van der Waals surface area contributed by atoms with Crippen LogP contribution in [0, 0.1) is 6.92 Å².